The van der Waals surface area contributed by atoms with Crippen molar-refractivity contribution >= 4 is 15.9 Å². The molecule has 0 bridgehead atoms. The number of alkyl halides is 3. The molecule has 1 saturated carbocycles. The number of nitrogens with zero attached hydrogens (tertiary/aromatic N) is 5. The molecule has 1 aromatic heterocycles. The number of ether oxygens (including phenoxy) is 3. The minimum Gasteiger partial charge on any atom is -0.497 e. The van der Waals surface area contributed by atoms with Crippen LogP contribution in [0.15, 0.2) is 89.8 Å². The Balaban J connectivity index is 1.50. The fourth-order valence-electron chi connectivity index (χ4n) is 7.58. The summed E-state index contributed by atoms with van der Waals surface area (Å²) in [6, 6.07) is 22.7. The molecule has 16 heteroatoms. The summed E-state index contributed by atoms with van der Waals surface area (Å²) < 4.78 is 95.0. The standard InChI is InChI=1S/C42H48F3N7O5S/c1-55-34-17-9-30(10-18-34)25-51(26-31-11-19-35(56-2)20-12-31)58(53,54)40-37(42(43,44)45)23-16-33(15-8-28-4-6-29(7-5-28)24-38(46)47)39(40)41-48-49-50-52(41)27-32-13-21-36(57-3)22-14-32/h9-14,16-23,28-29H,4-8,15,24-27H2,1-3H3,(H3,46,47). The summed E-state index contributed by atoms with van der Waals surface area (Å²) in [6.45, 7) is -0.456. The topological polar surface area (TPSA) is 159 Å². The van der Waals surface area contributed by atoms with Crippen LogP contribution in [0.25, 0.3) is 11.4 Å². The van der Waals surface area contributed by atoms with Crippen molar-refractivity contribution in [1.82, 2.24) is 24.5 Å². The van der Waals surface area contributed by atoms with Gasteiger partial charge in [0.1, 0.15) is 22.1 Å². The molecular formula is C42H48F3N7O5S. The van der Waals surface area contributed by atoms with E-state index in [1.165, 1.54) is 32.1 Å². The first-order valence-electron chi connectivity index (χ1n) is 19.0. The summed E-state index contributed by atoms with van der Waals surface area (Å²) in [4.78, 5) is -0.907. The van der Waals surface area contributed by atoms with E-state index in [0.717, 1.165) is 41.6 Å². The first-order valence-corrected chi connectivity index (χ1v) is 20.4. The zero-order chi connectivity index (χ0) is 41.5. The number of rotatable bonds is 17. The van der Waals surface area contributed by atoms with Crippen molar-refractivity contribution in [3.8, 4) is 28.6 Å². The van der Waals surface area contributed by atoms with E-state index in [1.54, 1.807) is 72.8 Å². The second-order valence-electron chi connectivity index (χ2n) is 14.6. The van der Waals surface area contributed by atoms with Gasteiger partial charge in [0, 0.05) is 25.1 Å². The van der Waals surface area contributed by atoms with Gasteiger partial charge < -0.3 is 19.9 Å². The van der Waals surface area contributed by atoms with Crippen molar-refractivity contribution in [2.75, 3.05) is 21.3 Å². The van der Waals surface area contributed by atoms with Gasteiger partial charge in [0.25, 0.3) is 0 Å². The molecule has 3 N–H and O–H groups in total. The minimum atomic E-state index is -5.06. The Morgan fingerprint density at radius 2 is 1.29 bits per heavy atom. The van der Waals surface area contributed by atoms with E-state index >= 15 is 21.6 Å². The number of benzene rings is 4. The van der Waals surface area contributed by atoms with Crippen LogP contribution in [0.3, 0.4) is 0 Å². The summed E-state index contributed by atoms with van der Waals surface area (Å²) in [5.74, 6) is 2.31. The summed E-state index contributed by atoms with van der Waals surface area (Å²) in [5.41, 5.74) is 6.34. The Hall–Kier alpha value is -5.48. The molecule has 1 aliphatic rings. The SMILES string of the molecule is COc1ccc(CN(Cc2ccc(OC)cc2)S(=O)(=O)c2c(C(F)(F)F)ccc(CCC3CCC(CC(=N)N)CC3)c2-c2nnnn2Cc2ccc(OC)cc2)cc1. The van der Waals surface area contributed by atoms with Gasteiger partial charge in [-0.05, 0) is 113 Å². The van der Waals surface area contributed by atoms with Crippen molar-refractivity contribution < 1.29 is 35.8 Å². The van der Waals surface area contributed by atoms with Crippen molar-refractivity contribution in [3.05, 3.63) is 113 Å². The molecule has 0 spiro atoms. The fraction of sp³-hybridized carbons (Fsp3) is 0.381. The predicted octanol–water partition coefficient (Wildman–Crippen LogP) is 7.89. The predicted molar refractivity (Wildman–Crippen MR) is 213 cm³/mol. The average Bonchev–Trinajstić information content (AvgIpc) is 3.67. The molecule has 1 heterocycles. The van der Waals surface area contributed by atoms with Gasteiger partial charge in [-0.3, -0.25) is 5.41 Å². The zero-order valence-corrected chi connectivity index (χ0v) is 33.5. The number of hydrogen-bond acceptors (Lipinski definition) is 9. The van der Waals surface area contributed by atoms with Crippen LogP contribution in [0.4, 0.5) is 13.2 Å². The Morgan fingerprint density at radius 3 is 1.78 bits per heavy atom. The normalized spacial score (nSPS) is 16.0. The number of amidine groups is 1. The van der Waals surface area contributed by atoms with Crippen LogP contribution < -0.4 is 19.9 Å². The van der Waals surface area contributed by atoms with Crippen molar-refractivity contribution in [2.45, 2.75) is 75.7 Å². The molecule has 1 aliphatic carbocycles. The minimum absolute atomic E-state index is 0.0447. The third-order valence-corrected chi connectivity index (χ3v) is 12.6. The highest BCUT2D eigenvalue weighted by molar-refractivity contribution is 7.89. The fourth-order valence-corrected chi connectivity index (χ4v) is 9.42. The van der Waals surface area contributed by atoms with Crippen molar-refractivity contribution in [1.29, 1.82) is 5.41 Å². The smallest absolute Gasteiger partial charge is 0.417 e. The Labute approximate surface area is 336 Å². The maximum atomic E-state index is 15.4. The summed E-state index contributed by atoms with van der Waals surface area (Å²) in [7, 11) is -0.442. The molecule has 1 fully saturated rings. The second kappa shape index (κ2) is 18.4. The molecular weight excluding hydrogens is 772 g/mol. The third-order valence-electron chi connectivity index (χ3n) is 10.7. The highest BCUT2D eigenvalue weighted by Gasteiger charge is 2.43. The Morgan fingerprint density at radius 1 is 0.793 bits per heavy atom. The van der Waals surface area contributed by atoms with E-state index in [2.05, 4.69) is 15.5 Å². The Kier molecular flexibility index (Phi) is 13.4. The lowest BCUT2D eigenvalue weighted by Crippen LogP contribution is -2.33. The molecule has 12 nitrogen and oxygen atoms in total. The molecule has 6 rings (SSSR count). The highest BCUT2D eigenvalue weighted by atomic mass is 32.2. The summed E-state index contributed by atoms with van der Waals surface area (Å²) in [5, 5.41) is 20.0. The molecule has 0 saturated heterocycles. The van der Waals surface area contributed by atoms with E-state index in [-0.39, 0.29) is 49.2 Å². The number of aromatic nitrogens is 4. The highest BCUT2D eigenvalue weighted by Crippen LogP contribution is 2.44. The molecule has 58 heavy (non-hydrogen) atoms. The molecule has 308 valence electrons. The number of aryl methyl sites for hydroxylation is 1. The maximum Gasteiger partial charge on any atom is 0.417 e. The van der Waals surface area contributed by atoms with Crippen LogP contribution in [-0.2, 0) is 42.3 Å². The van der Waals surface area contributed by atoms with Crippen LogP contribution >= 0.6 is 0 Å². The quantitative estimate of drug-likeness (QED) is 0.0703. The van der Waals surface area contributed by atoms with Gasteiger partial charge in [-0.1, -0.05) is 55.3 Å². The van der Waals surface area contributed by atoms with E-state index < -0.39 is 26.7 Å². The van der Waals surface area contributed by atoms with Crippen LogP contribution in [0.2, 0.25) is 0 Å². The molecule has 0 unspecified atom stereocenters. The lowest BCUT2D eigenvalue weighted by atomic mass is 9.78. The van der Waals surface area contributed by atoms with Crippen LogP contribution in [0.5, 0.6) is 17.2 Å². The number of nitrogens with two attached hydrogens (primary N) is 1. The van der Waals surface area contributed by atoms with Crippen molar-refractivity contribution in [2.24, 2.45) is 17.6 Å². The van der Waals surface area contributed by atoms with Gasteiger partial charge >= 0.3 is 6.18 Å². The zero-order valence-electron chi connectivity index (χ0n) is 32.7. The van der Waals surface area contributed by atoms with Crippen LogP contribution in [-0.4, -0.2) is 60.1 Å². The number of methoxy groups -OCH3 is 3. The average molecular weight is 820 g/mol. The van der Waals surface area contributed by atoms with Gasteiger partial charge in [-0.25, -0.2) is 13.1 Å². The third kappa shape index (κ3) is 10.1. The van der Waals surface area contributed by atoms with Crippen molar-refractivity contribution in [3.63, 3.8) is 0 Å². The van der Waals surface area contributed by atoms with Crippen LogP contribution in [0, 0.1) is 17.2 Å². The van der Waals surface area contributed by atoms with E-state index in [9.17, 15) is 0 Å². The van der Waals surface area contributed by atoms with Gasteiger partial charge in [-0.2, -0.15) is 17.5 Å². The lowest BCUT2D eigenvalue weighted by molar-refractivity contribution is -0.139. The monoisotopic (exact) mass is 819 g/mol. The number of halogens is 3. The first kappa shape index (κ1) is 42.1. The second-order valence-corrected chi connectivity index (χ2v) is 16.5. The van der Waals surface area contributed by atoms with Gasteiger partial charge in [0.2, 0.25) is 10.0 Å². The molecule has 0 aliphatic heterocycles. The Bertz CT molecular complexity index is 2210. The summed E-state index contributed by atoms with van der Waals surface area (Å²) >= 11 is 0. The molecule has 4 aromatic carbocycles. The van der Waals surface area contributed by atoms with Gasteiger partial charge in [0.05, 0.1) is 39.3 Å². The van der Waals surface area contributed by atoms with E-state index in [4.69, 9.17) is 25.4 Å². The molecule has 5 aromatic rings. The molecule has 0 radical (unpaired) electrons. The number of tetrazole rings is 1. The number of nitrogens with one attached hydrogen (secondary N) is 1. The van der Waals surface area contributed by atoms with Gasteiger partial charge in [0.15, 0.2) is 5.82 Å². The molecule has 0 amide bonds. The maximum absolute atomic E-state index is 15.4. The number of sulfonamides is 1. The lowest BCUT2D eigenvalue weighted by Gasteiger charge is -2.29. The molecule has 0 atom stereocenters. The largest absolute Gasteiger partial charge is 0.497 e. The van der Waals surface area contributed by atoms with Crippen LogP contribution in [0.1, 0.15) is 66.3 Å². The first-order chi connectivity index (χ1) is 27.8. The number of hydrogen-bond donors (Lipinski definition) is 2. The van der Waals surface area contributed by atoms with Gasteiger partial charge in [-0.15, -0.1) is 5.10 Å². The van der Waals surface area contributed by atoms with E-state index in [0.29, 0.717) is 52.7 Å². The van der Waals surface area contributed by atoms with E-state index in [1.807, 2.05) is 0 Å². The summed E-state index contributed by atoms with van der Waals surface area (Å²) in [6.07, 6.45) is -0.137.